The van der Waals surface area contributed by atoms with Gasteiger partial charge in [-0.2, -0.15) is 0 Å². The monoisotopic (exact) mass is 487 g/mol. The number of benzene rings is 3. The largest absolute Gasteiger partial charge is 0.349 e. The van der Waals surface area contributed by atoms with Crippen molar-refractivity contribution in [1.29, 1.82) is 0 Å². The second-order valence-electron chi connectivity index (χ2n) is 9.95. The summed E-state index contributed by atoms with van der Waals surface area (Å²) in [4.78, 5) is 29.1. The number of rotatable bonds is 6. The van der Waals surface area contributed by atoms with Crippen molar-refractivity contribution in [2.75, 3.05) is 4.90 Å². The zero-order valence-electron chi connectivity index (χ0n) is 21.1. The molecule has 1 atom stereocenters. The fraction of sp³-hybridized carbons (Fsp3) is 0.286. The third kappa shape index (κ3) is 5.27. The molecule has 2 amide bonds. The number of hydrogen-bond donors (Lipinski definition) is 1. The van der Waals surface area contributed by atoms with Crippen molar-refractivity contribution in [2.45, 2.75) is 52.7 Å². The molecule has 8 heteroatoms. The molecule has 36 heavy (non-hydrogen) atoms. The van der Waals surface area contributed by atoms with Crippen molar-refractivity contribution < 1.29 is 14.0 Å². The molecule has 0 aliphatic heterocycles. The zero-order valence-corrected chi connectivity index (χ0v) is 21.1. The van der Waals surface area contributed by atoms with Crippen LogP contribution < -0.4 is 10.2 Å². The van der Waals surface area contributed by atoms with Crippen LogP contribution in [0.2, 0.25) is 0 Å². The SMILES string of the molecule is Cc1ccc(N(C(=O)Cn2nnc3ccccc32)[C@H](C(=O)NC(C)(C)C)c2ccccc2F)c(C)c1. The Hall–Kier alpha value is -4.07. The Morgan fingerprint density at radius 1 is 1.03 bits per heavy atom. The van der Waals surface area contributed by atoms with Crippen LogP contribution in [0.1, 0.15) is 43.5 Å². The highest BCUT2D eigenvalue weighted by Crippen LogP contribution is 2.33. The van der Waals surface area contributed by atoms with Gasteiger partial charge in [-0.15, -0.1) is 5.10 Å². The zero-order chi connectivity index (χ0) is 26.0. The average molecular weight is 488 g/mol. The molecule has 0 fully saturated rings. The first-order valence-electron chi connectivity index (χ1n) is 11.8. The number of anilines is 1. The second kappa shape index (κ2) is 9.89. The van der Waals surface area contributed by atoms with Crippen molar-refractivity contribution in [1.82, 2.24) is 20.3 Å². The number of carbonyl (C=O) groups excluding carboxylic acids is 2. The van der Waals surface area contributed by atoms with E-state index in [9.17, 15) is 9.59 Å². The molecule has 1 N–H and O–H groups in total. The van der Waals surface area contributed by atoms with Crippen LogP contribution >= 0.6 is 0 Å². The van der Waals surface area contributed by atoms with Gasteiger partial charge in [0.1, 0.15) is 23.9 Å². The van der Waals surface area contributed by atoms with Gasteiger partial charge in [-0.25, -0.2) is 9.07 Å². The number of carbonyl (C=O) groups is 2. The number of halogens is 1. The van der Waals surface area contributed by atoms with Crippen LogP contribution in [0.3, 0.4) is 0 Å². The highest BCUT2D eigenvalue weighted by Gasteiger charge is 2.36. The summed E-state index contributed by atoms with van der Waals surface area (Å²) < 4.78 is 16.7. The van der Waals surface area contributed by atoms with Crippen LogP contribution in [-0.4, -0.2) is 32.3 Å². The maximum atomic E-state index is 15.2. The minimum Gasteiger partial charge on any atom is -0.349 e. The van der Waals surface area contributed by atoms with E-state index in [0.29, 0.717) is 16.7 Å². The maximum absolute atomic E-state index is 15.2. The van der Waals surface area contributed by atoms with Crippen LogP contribution in [0.25, 0.3) is 11.0 Å². The molecule has 4 rings (SSSR count). The smallest absolute Gasteiger partial charge is 0.249 e. The first-order valence-corrected chi connectivity index (χ1v) is 11.8. The fourth-order valence-corrected chi connectivity index (χ4v) is 4.26. The standard InChI is InChI=1S/C28H30FN5O2/c1-18-14-15-23(19(2)16-18)34(25(35)17-33-24-13-9-8-12-22(24)31-32-33)26(27(36)30-28(3,4)5)20-10-6-7-11-21(20)29/h6-16,26H,17H2,1-5H3,(H,30,36)/t26-/m0/s1. The molecule has 1 heterocycles. The van der Waals surface area contributed by atoms with Gasteiger partial charge >= 0.3 is 0 Å². The molecule has 0 aliphatic rings. The van der Waals surface area contributed by atoms with E-state index in [1.807, 2.05) is 71.0 Å². The Kier molecular flexibility index (Phi) is 6.88. The number of fused-ring (bicyclic) bond motifs is 1. The molecule has 0 aliphatic carbocycles. The quantitative estimate of drug-likeness (QED) is 0.421. The van der Waals surface area contributed by atoms with Gasteiger partial charge in [0.05, 0.1) is 5.52 Å². The van der Waals surface area contributed by atoms with Crippen molar-refractivity contribution in [3.05, 3.63) is 89.2 Å². The first kappa shape index (κ1) is 25.0. The number of aromatic nitrogens is 3. The maximum Gasteiger partial charge on any atom is 0.249 e. The van der Waals surface area contributed by atoms with Gasteiger partial charge in [0, 0.05) is 16.8 Å². The predicted octanol–water partition coefficient (Wildman–Crippen LogP) is 4.88. The molecule has 0 radical (unpaired) electrons. The fourth-order valence-electron chi connectivity index (χ4n) is 4.26. The van der Waals surface area contributed by atoms with Crippen molar-refractivity contribution in [2.24, 2.45) is 0 Å². The van der Waals surface area contributed by atoms with Gasteiger partial charge in [-0.3, -0.25) is 14.5 Å². The third-order valence-corrected chi connectivity index (χ3v) is 5.79. The van der Waals surface area contributed by atoms with Crippen molar-refractivity contribution in [3.63, 3.8) is 0 Å². The summed E-state index contributed by atoms with van der Waals surface area (Å²) in [6.07, 6.45) is 0. The number of nitrogens with zero attached hydrogens (tertiary/aromatic N) is 4. The van der Waals surface area contributed by atoms with Crippen LogP contribution in [0.5, 0.6) is 0 Å². The molecule has 0 spiro atoms. The molecule has 186 valence electrons. The van der Waals surface area contributed by atoms with Crippen LogP contribution in [-0.2, 0) is 16.1 Å². The second-order valence-corrected chi connectivity index (χ2v) is 9.95. The van der Waals surface area contributed by atoms with E-state index >= 15 is 4.39 Å². The van der Waals surface area contributed by atoms with E-state index in [4.69, 9.17) is 0 Å². The lowest BCUT2D eigenvalue weighted by molar-refractivity contribution is -0.128. The van der Waals surface area contributed by atoms with Gasteiger partial charge in [-0.1, -0.05) is 53.2 Å². The normalized spacial score (nSPS) is 12.4. The molecule has 0 unspecified atom stereocenters. The number of para-hydroxylation sites is 1. The molecular formula is C28H30FN5O2. The van der Waals surface area contributed by atoms with Crippen LogP contribution in [0.15, 0.2) is 66.7 Å². The Labute approximate surface area is 209 Å². The highest BCUT2D eigenvalue weighted by atomic mass is 19.1. The van der Waals surface area contributed by atoms with Gasteiger partial charge in [-0.05, 0) is 64.4 Å². The summed E-state index contributed by atoms with van der Waals surface area (Å²) in [6.45, 7) is 9.16. The van der Waals surface area contributed by atoms with E-state index in [1.54, 1.807) is 18.2 Å². The van der Waals surface area contributed by atoms with E-state index in [1.165, 1.54) is 21.7 Å². The molecule has 0 saturated carbocycles. The average Bonchev–Trinajstić information content (AvgIpc) is 3.20. The summed E-state index contributed by atoms with van der Waals surface area (Å²) in [5.41, 5.74) is 3.17. The Bertz CT molecular complexity index is 1420. The third-order valence-electron chi connectivity index (χ3n) is 5.79. The lowest BCUT2D eigenvalue weighted by atomic mass is 9.99. The predicted molar refractivity (Wildman–Crippen MR) is 138 cm³/mol. The Morgan fingerprint density at radius 3 is 2.42 bits per heavy atom. The lowest BCUT2D eigenvalue weighted by Crippen LogP contribution is -2.50. The topological polar surface area (TPSA) is 80.1 Å². The molecule has 3 aromatic carbocycles. The summed E-state index contributed by atoms with van der Waals surface area (Å²) in [7, 11) is 0. The minimum atomic E-state index is -1.24. The van der Waals surface area contributed by atoms with Gasteiger partial charge < -0.3 is 5.32 Å². The highest BCUT2D eigenvalue weighted by molar-refractivity contribution is 6.02. The van der Waals surface area contributed by atoms with Gasteiger partial charge in [0.2, 0.25) is 11.8 Å². The van der Waals surface area contributed by atoms with E-state index in [2.05, 4.69) is 15.6 Å². The minimum absolute atomic E-state index is 0.107. The molecule has 1 aromatic heterocycles. The lowest BCUT2D eigenvalue weighted by Gasteiger charge is -2.34. The van der Waals surface area contributed by atoms with Crippen LogP contribution in [0.4, 0.5) is 10.1 Å². The van der Waals surface area contributed by atoms with Gasteiger partial charge in [0.15, 0.2) is 0 Å². The van der Waals surface area contributed by atoms with Crippen molar-refractivity contribution in [3.8, 4) is 0 Å². The molecule has 7 nitrogen and oxygen atoms in total. The summed E-state index contributed by atoms with van der Waals surface area (Å²) >= 11 is 0. The van der Waals surface area contributed by atoms with E-state index < -0.39 is 29.2 Å². The summed E-state index contributed by atoms with van der Waals surface area (Å²) in [5, 5.41) is 11.2. The number of nitrogens with one attached hydrogen (secondary N) is 1. The molecule has 0 bridgehead atoms. The summed E-state index contributed by atoms with van der Waals surface area (Å²) in [6, 6.07) is 17.7. The number of hydrogen-bond acceptors (Lipinski definition) is 4. The Balaban J connectivity index is 1.87. The van der Waals surface area contributed by atoms with E-state index in [-0.39, 0.29) is 12.1 Å². The number of amides is 2. The molecule has 0 saturated heterocycles. The summed E-state index contributed by atoms with van der Waals surface area (Å²) in [5.74, 6) is -1.47. The molecular weight excluding hydrogens is 457 g/mol. The molecule has 4 aromatic rings. The van der Waals surface area contributed by atoms with Crippen LogP contribution in [0, 0.1) is 19.7 Å². The first-order chi connectivity index (χ1) is 17.0. The van der Waals surface area contributed by atoms with E-state index in [0.717, 1.165) is 11.1 Å². The van der Waals surface area contributed by atoms with Gasteiger partial charge in [0.25, 0.3) is 0 Å². The Morgan fingerprint density at radius 2 is 1.72 bits per heavy atom. The van der Waals surface area contributed by atoms with Crippen molar-refractivity contribution >= 4 is 28.5 Å². The number of aryl methyl sites for hydroxylation is 2.